The van der Waals surface area contributed by atoms with E-state index >= 15 is 0 Å². The summed E-state index contributed by atoms with van der Waals surface area (Å²) in [6.45, 7) is 1.98. The van der Waals surface area contributed by atoms with E-state index in [2.05, 4.69) is 4.98 Å². The molecule has 0 radical (unpaired) electrons. The van der Waals surface area contributed by atoms with E-state index < -0.39 is 0 Å². The van der Waals surface area contributed by atoms with Gasteiger partial charge in [-0.2, -0.15) is 0 Å². The molecule has 0 aromatic carbocycles. The number of aromatic nitrogens is 1. The fraction of sp³-hybridized carbons (Fsp3) is 0.636. The minimum Gasteiger partial charge on any atom is -0.329 e. The highest BCUT2D eigenvalue weighted by Gasteiger charge is 2.46. The Labute approximate surface area is 98.5 Å². The lowest BCUT2D eigenvalue weighted by Gasteiger charge is -2.25. The van der Waals surface area contributed by atoms with E-state index in [0.717, 1.165) is 23.5 Å². The van der Waals surface area contributed by atoms with Crippen LogP contribution in [0.25, 0.3) is 0 Å². The molecule has 2 fully saturated rings. The van der Waals surface area contributed by atoms with Gasteiger partial charge >= 0.3 is 0 Å². The molecule has 1 saturated carbocycles. The summed E-state index contributed by atoms with van der Waals surface area (Å²) in [5, 5.41) is 3.07. The molecule has 2 N–H and O–H groups in total. The van der Waals surface area contributed by atoms with E-state index in [-0.39, 0.29) is 18.0 Å². The van der Waals surface area contributed by atoms with E-state index in [0.29, 0.717) is 12.5 Å². The summed E-state index contributed by atoms with van der Waals surface area (Å²) in [5.41, 5.74) is 7.05. The number of nitrogens with zero attached hydrogens (tertiary/aromatic N) is 2. The molecule has 4 nitrogen and oxygen atoms in total. The number of aryl methyl sites for hydroxylation is 1. The summed E-state index contributed by atoms with van der Waals surface area (Å²) in [4.78, 5) is 18.3. The Morgan fingerprint density at radius 3 is 2.88 bits per heavy atom. The average Bonchev–Trinajstić information content (AvgIpc) is 2.90. The van der Waals surface area contributed by atoms with E-state index in [9.17, 15) is 4.79 Å². The molecular formula is C11H15N3OS. The minimum absolute atomic E-state index is 0.0185. The third-order valence-corrected chi connectivity index (χ3v) is 4.08. The molecule has 2 heterocycles. The molecule has 3 rings (SSSR count). The highest BCUT2D eigenvalue weighted by molar-refractivity contribution is 7.09. The summed E-state index contributed by atoms with van der Waals surface area (Å²) in [7, 11) is 0. The van der Waals surface area contributed by atoms with Gasteiger partial charge in [0.05, 0.1) is 16.7 Å². The SMILES string of the molecule is Cc1nc(C2C(N)CC(=O)N2C2CC2)cs1. The molecule has 1 aliphatic carbocycles. The first kappa shape index (κ1) is 10.2. The number of hydrogen-bond donors (Lipinski definition) is 1. The zero-order valence-electron chi connectivity index (χ0n) is 9.22. The number of thiazole rings is 1. The quantitative estimate of drug-likeness (QED) is 0.841. The van der Waals surface area contributed by atoms with Gasteiger partial charge in [-0.15, -0.1) is 11.3 Å². The fourth-order valence-corrected chi connectivity index (χ4v) is 3.08. The first-order chi connectivity index (χ1) is 7.66. The van der Waals surface area contributed by atoms with Crippen molar-refractivity contribution >= 4 is 17.2 Å². The van der Waals surface area contributed by atoms with Crippen molar-refractivity contribution in [3.63, 3.8) is 0 Å². The smallest absolute Gasteiger partial charge is 0.225 e. The molecule has 0 bridgehead atoms. The van der Waals surface area contributed by atoms with Crippen LogP contribution in [0.1, 0.15) is 36.0 Å². The molecule has 0 spiro atoms. The van der Waals surface area contributed by atoms with Crippen LogP contribution in [0.3, 0.4) is 0 Å². The maximum Gasteiger partial charge on any atom is 0.225 e. The molecule has 1 aliphatic heterocycles. The zero-order chi connectivity index (χ0) is 11.3. The van der Waals surface area contributed by atoms with Gasteiger partial charge in [-0.05, 0) is 19.8 Å². The number of carbonyl (C=O) groups excluding carboxylic acids is 1. The lowest BCUT2D eigenvalue weighted by molar-refractivity contribution is -0.129. The second-order valence-corrected chi connectivity index (χ2v) is 5.70. The summed E-state index contributed by atoms with van der Waals surface area (Å²) >= 11 is 1.62. The van der Waals surface area contributed by atoms with Crippen LogP contribution in [0.15, 0.2) is 5.38 Å². The third-order valence-electron chi connectivity index (χ3n) is 3.28. The third kappa shape index (κ3) is 1.55. The Bertz CT molecular complexity index is 427. The maximum atomic E-state index is 11.9. The predicted molar refractivity (Wildman–Crippen MR) is 62.1 cm³/mol. The number of rotatable bonds is 2. The molecule has 1 aromatic heterocycles. The van der Waals surface area contributed by atoms with Gasteiger partial charge in [0.25, 0.3) is 0 Å². The highest BCUT2D eigenvalue weighted by atomic mass is 32.1. The average molecular weight is 237 g/mol. The predicted octanol–water partition coefficient (Wildman–Crippen LogP) is 1.21. The van der Waals surface area contributed by atoms with Crippen LogP contribution in [0.4, 0.5) is 0 Å². The van der Waals surface area contributed by atoms with Gasteiger partial charge in [0.1, 0.15) is 0 Å². The van der Waals surface area contributed by atoms with Crippen LogP contribution in [0, 0.1) is 6.92 Å². The Morgan fingerprint density at radius 2 is 2.31 bits per heavy atom. The zero-order valence-corrected chi connectivity index (χ0v) is 10.0. The fourth-order valence-electron chi connectivity index (χ4n) is 2.44. The minimum atomic E-state index is -0.0883. The number of amides is 1. The Hall–Kier alpha value is -0.940. The second kappa shape index (κ2) is 3.53. The Kier molecular flexibility index (Phi) is 2.26. The topological polar surface area (TPSA) is 59.2 Å². The van der Waals surface area contributed by atoms with Crippen LogP contribution in [0.2, 0.25) is 0 Å². The van der Waals surface area contributed by atoms with Crippen molar-refractivity contribution in [1.82, 2.24) is 9.88 Å². The monoisotopic (exact) mass is 237 g/mol. The van der Waals surface area contributed by atoms with E-state index in [1.165, 1.54) is 0 Å². The Balaban J connectivity index is 1.93. The lowest BCUT2D eigenvalue weighted by Crippen LogP contribution is -2.34. The van der Waals surface area contributed by atoms with E-state index in [1.807, 2.05) is 17.2 Å². The molecule has 5 heteroatoms. The molecule has 1 amide bonds. The molecule has 16 heavy (non-hydrogen) atoms. The van der Waals surface area contributed by atoms with Gasteiger partial charge in [0, 0.05) is 23.9 Å². The largest absolute Gasteiger partial charge is 0.329 e. The number of hydrogen-bond acceptors (Lipinski definition) is 4. The number of nitrogens with two attached hydrogens (primary N) is 1. The van der Waals surface area contributed by atoms with Crippen molar-refractivity contribution in [1.29, 1.82) is 0 Å². The lowest BCUT2D eigenvalue weighted by atomic mass is 10.1. The highest BCUT2D eigenvalue weighted by Crippen LogP contribution is 2.41. The summed E-state index contributed by atoms with van der Waals surface area (Å²) < 4.78 is 0. The molecule has 2 unspecified atom stereocenters. The van der Waals surface area contributed by atoms with Crippen molar-refractivity contribution in [3.8, 4) is 0 Å². The molecule has 1 saturated heterocycles. The van der Waals surface area contributed by atoms with Crippen LogP contribution in [-0.2, 0) is 4.79 Å². The van der Waals surface area contributed by atoms with Crippen LogP contribution >= 0.6 is 11.3 Å². The van der Waals surface area contributed by atoms with Crippen LogP contribution < -0.4 is 5.73 Å². The maximum absolute atomic E-state index is 11.9. The van der Waals surface area contributed by atoms with Crippen molar-refractivity contribution in [2.45, 2.75) is 44.3 Å². The van der Waals surface area contributed by atoms with Crippen LogP contribution in [-0.4, -0.2) is 27.9 Å². The first-order valence-corrected chi connectivity index (χ1v) is 6.53. The molecule has 86 valence electrons. The van der Waals surface area contributed by atoms with E-state index in [4.69, 9.17) is 5.73 Å². The molecule has 1 aromatic rings. The van der Waals surface area contributed by atoms with Crippen molar-refractivity contribution in [3.05, 3.63) is 16.1 Å². The molecule has 2 atom stereocenters. The van der Waals surface area contributed by atoms with Gasteiger partial charge in [-0.3, -0.25) is 4.79 Å². The van der Waals surface area contributed by atoms with Gasteiger partial charge in [0.15, 0.2) is 0 Å². The summed E-state index contributed by atoms with van der Waals surface area (Å²) in [6.07, 6.45) is 2.72. The van der Waals surface area contributed by atoms with Gasteiger partial charge in [-0.25, -0.2) is 4.98 Å². The second-order valence-electron chi connectivity index (χ2n) is 4.64. The Morgan fingerprint density at radius 1 is 1.56 bits per heavy atom. The summed E-state index contributed by atoms with van der Waals surface area (Å²) in [6, 6.07) is 0.354. The van der Waals surface area contributed by atoms with Gasteiger partial charge in [-0.1, -0.05) is 0 Å². The number of likely N-dealkylation sites (tertiary alicyclic amines) is 1. The molecular weight excluding hydrogens is 222 g/mol. The normalized spacial score (nSPS) is 30.1. The number of carbonyl (C=O) groups is 1. The van der Waals surface area contributed by atoms with Gasteiger partial charge < -0.3 is 10.6 Å². The standard InChI is InChI=1S/C11H15N3OS/c1-6-13-9(5-16-6)11-8(12)4-10(15)14(11)7-2-3-7/h5,7-8,11H,2-4,12H2,1H3. The van der Waals surface area contributed by atoms with Crippen molar-refractivity contribution < 1.29 is 4.79 Å². The molecule has 2 aliphatic rings. The van der Waals surface area contributed by atoms with Gasteiger partial charge in [0.2, 0.25) is 5.91 Å². The van der Waals surface area contributed by atoms with Crippen LogP contribution in [0.5, 0.6) is 0 Å². The van der Waals surface area contributed by atoms with Crippen molar-refractivity contribution in [2.24, 2.45) is 5.73 Å². The first-order valence-electron chi connectivity index (χ1n) is 5.65. The van der Waals surface area contributed by atoms with E-state index in [1.54, 1.807) is 11.3 Å². The van der Waals surface area contributed by atoms with Crippen molar-refractivity contribution in [2.75, 3.05) is 0 Å². The summed E-state index contributed by atoms with van der Waals surface area (Å²) in [5.74, 6) is 0.200.